The minimum absolute atomic E-state index is 0.0930. The standard InChI is InChI=1S/C21H16ClN3OS2/c22-20-11-10-19(28-20)18(26)9-4-15-13-24(14-23-15)16-5-7-17(8-6-16)25-12-2-1-3-21(25)27/h1-3,5-8,10-14H,4,9H2. The van der Waals surface area contributed by atoms with Crippen LogP contribution in [0.4, 0.5) is 0 Å². The highest BCUT2D eigenvalue weighted by Crippen LogP contribution is 2.23. The maximum absolute atomic E-state index is 12.2. The summed E-state index contributed by atoms with van der Waals surface area (Å²) in [5.74, 6) is 0.0930. The van der Waals surface area contributed by atoms with Gasteiger partial charge in [0.05, 0.1) is 21.2 Å². The molecule has 0 aliphatic heterocycles. The fourth-order valence-electron chi connectivity index (χ4n) is 2.89. The van der Waals surface area contributed by atoms with Gasteiger partial charge >= 0.3 is 0 Å². The summed E-state index contributed by atoms with van der Waals surface area (Å²) >= 11 is 12.6. The number of rotatable bonds is 6. The SMILES string of the molecule is O=C(CCc1cn(-c2ccc(-n3ccccc3=S)cc2)cn1)c1ccc(Cl)s1. The lowest BCUT2D eigenvalue weighted by molar-refractivity contribution is 0.0986. The highest BCUT2D eigenvalue weighted by molar-refractivity contribution is 7.71. The van der Waals surface area contributed by atoms with Gasteiger partial charge in [-0.25, -0.2) is 4.98 Å². The van der Waals surface area contributed by atoms with E-state index in [2.05, 4.69) is 4.98 Å². The van der Waals surface area contributed by atoms with Crippen LogP contribution >= 0.6 is 35.2 Å². The number of Topliss-reactive ketones (excluding diaryl/α,β-unsaturated/α-hetero) is 1. The molecule has 0 aliphatic carbocycles. The predicted octanol–water partition coefficient (Wildman–Crippen LogP) is 5.92. The molecular weight excluding hydrogens is 410 g/mol. The van der Waals surface area contributed by atoms with E-state index in [0.29, 0.717) is 22.1 Å². The van der Waals surface area contributed by atoms with E-state index in [9.17, 15) is 4.79 Å². The molecule has 0 N–H and O–H groups in total. The molecular formula is C21H16ClN3OS2. The smallest absolute Gasteiger partial charge is 0.173 e. The molecule has 0 unspecified atom stereocenters. The van der Waals surface area contributed by atoms with Gasteiger partial charge in [-0.05, 0) is 55.0 Å². The number of halogens is 1. The number of carbonyl (C=O) groups is 1. The zero-order valence-electron chi connectivity index (χ0n) is 14.8. The van der Waals surface area contributed by atoms with Crippen molar-refractivity contribution in [3.8, 4) is 11.4 Å². The second-order valence-electron chi connectivity index (χ2n) is 6.22. The van der Waals surface area contributed by atoms with Crippen LogP contribution in [-0.4, -0.2) is 19.9 Å². The molecule has 0 spiro atoms. The molecule has 3 heterocycles. The van der Waals surface area contributed by atoms with Gasteiger partial charge in [-0.15, -0.1) is 11.3 Å². The number of aryl methyl sites for hydroxylation is 1. The van der Waals surface area contributed by atoms with Crippen molar-refractivity contribution in [2.45, 2.75) is 12.8 Å². The highest BCUT2D eigenvalue weighted by atomic mass is 35.5. The lowest BCUT2D eigenvalue weighted by Gasteiger charge is -2.08. The Morgan fingerprint density at radius 3 is 2.57 bits per heavy atom. The Bertz CT molecular complexity index is 1170. The Morgan fingerprint density at radius 2 is 1.86 bits per heavy atom. The zero-order chi connectivity index (χ0) is 19.5. The van der Waals surface area contributed by atoms with Crippen molar-refractivity contribution in [1.29, 1.82) is 0 Å². The van der Waals surface area contributed by atoms with Crippen LogP contribution in [0.5, 0.6) is 0 Å². The van der Waals surface area contributed by atoms with E-state index < -0.39 is 0 Å². The second-order valence-corrected chi connectivity index (χ2v) is 8.36. The molecule has 0 bridgehead atoms. The molecule has 0 aliphatic rings. The summed E-state index contributed by atoms with van der Waals surface area (Å²) in [6.07, 6.45) is 6.69. The van der Waals surface area contributed by atoms with Crippen LogP contribution in [0.3, 0.4) is 0 Å². The molecule has 0 saturated carbocycles. The van der Waals surface area contributed by atoms with Crippen LogP contribution < -0.4 is 0 Å². The van der Waals surface area contributed by atoms with Crippen LogP contribution in [0.25, 0.3) is 11.4 Å². The first-order valence-corrected chi connectivity index (χ1v) is 10.3. The van der Waals surface area contributed by atoms with Crippen LogP contribution in [-0.2, 0) is 6.42 Å². The number of pyridine rings is 1. The van der Waals surface area contributed by atoms with E-state index >= 15 is 0 Å². The second kappa shape index (κ2) is 8.22. The van der Waals surface area contributed by atoms with E-state index in [4.69, 9.17) is 23.8 Å². The van der Waals surface area contributed by atoms with E-state index in [1.54, 1.807) is 18.5 Å². The number of carbonyl (C=O) groups excluding carboxylic acids is 1. The van der Waals surface area contributed by atoms with Gasteiger partial charge in [0.1, 0.15) is 4.64 Å². The molecule has 4 rings (SSSR count). The van der Waals surface area contributed by atoms with Crippen molar-refractivity contribution in [3.63, 3.8) is 0 Å². The summed E-state index contributed by atoms with van der Waals surface area (Å²) in [5, 5.41) is 0. The Balaban J connectivity index is 1.45. The fourth-order valence-corrected chi connectivity index (χ4v) is 4.14. The van der Waals surface area contributed by atoms with Gasteiger partial charge in [-0.3, -0.25) is 4.79 Å². The molecule has 4 aromatic rings. The average molecular weight is 426 g/mol. The third kappa shape index (κ3) is 4.14. The third-order valence-electron chi connectivity index (χ3n) is 4.34. The van der Waals surface area contributed by atoms with E-state index in [1.807, 2.05) is 64.0 Å². The molecule has 0 saturated heterocycles. The monoisotopic (exact) mass is 425 g/mol. The van der Waals surface area contributed by atoms with Crippen molar-refractivity contribution < 1.29 is 4.79 Å². The van der Waals surface area contributed by atoms with E-state index in [1.165, 1.54) is 11.3 Å². The van der Waals surface area contributed by atoms with Gasteiger partial charge in [0.25, 0.3) is 0 Å². The van der Waals surface area contributed by atoms with Crippen molar-refractivity contribution in [2.75, 3.05) is 0 Å². The lowest BCUT2D eigenvalue weighted by Crippen LogP contribution is -1.99. The molecule has 0 fully saturated rings. The normalized spacial score (nSPS) is 10.9. The summed E-state index contributed by atoms with van der Waals surface area (Å²) < 4.78 is 5.31. The first kappa shape index (κ1) is 18.8. The Morgan fingerprint density at radius 1 is 1.07 bits per heavy atom. The van der Waals surface area contributed by atoms with Gasteiger partial charge in [0.2, 0.25) is 0 Å². The first-order chi connectivity index (χ1) is 13.6. The van der Waals surface area contributed by atoms with Crippen molar-refractivity contribution >= 4 is 40.9 Å². The van der Waals surface area contributed by atoms with Gasteiger partial charge in [-0.2, -0.15) is 0 Å². The summed E-state index contributed by atoms with van der Waals surface area (Å²) in [6, 6.07) is 17.4. The van der Waals surface area contributed by atoms with Crippen molar-refractivity contribution in [2.24, 2.45) is 0 Å². The maximum Gasteiger partial charge on any atom is 0.173 e. The van der Waals surface area contributed by atoms with Crippen LogP contribution in [0.15, 0.2) is 73.3 Å². The molecule has 7 heteroatoms. The predicted molar refractivity (Wildman–Crippen MR) is 116 cm³/mol. The zero-order valence-corrected chi connectivity index (χ0v) is 17.2. The quantitative estimate of drug-likeness (QED) is 0.284. The Labute approximate surface area is 176 Å². The van der Waals surface area contributed by atoms with Gasteiger partial charge in [-0.1, -0.05) is 29.9 Å². The van der Waals surface area contributed by atoms with E-state index in [0.717, 1.165) is 21.7 Å². The van der Waals surface area contributed by atoms with Gasteiger partial charge in [0.15, 0.2) is 5.78 Å². The number of imidazole rings is 1. The van der Waals surface area contributed by atoms with Crippen LogP contribution in [0.1, 0.15) is 21.8 Å². The largest absolute Gasteiger partial charge is 0.308 e. The average Bonchev–Trinajstić information content (AvgIpc) is 3.36. The molecule has 3 aromatic heterocycles. The fraction of sp³-hybridized carbons (Fsp3) is 0.0952. The molecule has 0 amide bonds. The van der Waals surface area contributed by atoms with Crippen LogP contribution in [0, 0.1) is 4.64 Å². The number of hydrogen-bond acceptors (Lipinski definition) is 4. The topological polar surface area (TPSA) is 39.8 Å². The lowest BCUT2D eigenvalue weighted by atomic mass is 10.1. The molecule has 0 atom stereocenters. The number of aromatic nitrogens is 3. The molecule has 140 valence electrons. The van der Waals surface area contributed by atoms with E-state index in [-0.39, 0.29) is 5.78 Å². The molecule has 4 nitrogen and oxygen atoms in total. The number of benzene rings is 1. The minimum Gasteiger partial charge on any atom is -0.308 e. The third-order valence-corrected chi connectivity index (χ3v) is 5.95. The number of ketones is 1. The summed E-state index contributed by atoms with van der Waals surface area (Å²) in [5.41, 5.74) is 2.89. The molecule has 0 radical (unpaired) electrons. The number of hydrogen-bond donors (Lipinski definition) is 0. The van der Waals surface area contributed by atoms with Gasteiger partial charge in [0, 0.05) is 30.2 Å². The van der Waals surface area contributed by atoms with Crippen molar-refractivity contribution in [1.82, 2.24) is 14.1 Å². The molecule has 28 heavy (non-hydrogen) atoms. The Hall–Kier alpha value is -2.54. The van der Waals surface area contributed by atoms with Crippen LogP contribution in [0.2, 0.25) is 4.34 Å². The number of thiophene rings is 1. The maximum atomic E-state index is 12.2. The number of nitrogens with zero attached hydrogens (tertiary/aromatic N) is 3. The molecule has 1 aromatic carbocycles. The highest BCUT2D eigenvalue weighted by Gasteiger charge is 2.10. The minimum atomic E-state index is 0.0930. The van der Waals surface area contributed by atoms with Crippen molar-refractivity contribution in [3.05, 3.63) is 92.9 Å². The Kier molecular flexibility index (Phi) is 5.52. The summed E-state index contributed by atoms with van der Waals surface area (Å²) in [4.78, 5) is 17.3. The summed E-state index contributed by atoms with van der Waals surface area (Å²) in [7, 11) is 0. The van der Waals surface area contributed by atoms with Gasteiger partial charge < -0.3 is 9.13 Å². The summed E-state index contributed by atoms with van der Waals surface area (Å²) in [6.45, 7) is 0. The first-order valence-electron chi connectivity index (χ1n) is 8.70.